The molecule has 1 aromatic heterocycles. The van der Waals surface area contributed by atoms with Crippen LogP contribution < -0.4 is 5.32 Å². The van der Waals surface area contributed by atoms with Gasteiger partial charge in [0.15, 0.2) is 5.13 Å². The minimum Gasteiger partial charge on any atom is -0.359 e. The maximum Gasteiger partial charge on any atom is 0.183 e. The van der Waals surface area contributed by atoms with Gasteiger partial charge in [0, 0.05) is 17.1 Å². The molecule has 1 fully saturated rings. The monoisotopic (exact) mass is 196 g/mol. The number of nitrogens with zero attached hydrogens (tertiary/aromatic N) is 1. The van der Waals surface area contributed by atoms with Crippen LogP contribution in [0.3, 0.4) is 0 Å². The summed E-state index contributed by atoms with van der Waals surface area (Å²) in [6.07, 6.45) is 6.12. The van der Waals surface area contributed by atoms with Crippen LogP contribution >= 0.6 is 11.3 Å². The van der Waals surface area contributed by atoms with E-state index in [0.29, 0.717) is 6.04 Å². The topological polar surface area (TPSA) is 24.9 Å². The molecular weight excluding hydrogens is 180 g/mol. The van der Waals surface area contributed by atoms with Crippen molar-refractivity contribution in [1.82, 2.24) is 4.98 Å². The van der Waals surface area contributed by atoms with E-state index >= 15 is 0 Å². The van der Waals surface area contributed by atoms with Gasteiger partial charge < -0.3 is 5.32 Å². The Bertz CT molecular complexity index is 278. The molecular formula is C10H16N2S. The van der Waals surface area contributed by atoms with Crippen LogP contribution in [0.2, 0.25) is 0 Å². The van der Waals surface area contributed by atoms with E-state index in [2.05, 4.69) is 24.1 Å². The lowest BCUT2D eigenvalue weighted by molar-refractivity contribution is 0.285. The second-order valence-electron chi connectivity index (χ2n) is 3.90. The summed E-state index contributed by atoms with van der Waals surface area (Å²) in [4.78, 5) is 5.58. The van der Waals surface area contributed by atoms with E-state index in [9.17, 15) is 0 Å². The third-order valence-corrected chi connectivity index (χ3v) is 3.67. The number of thiazole rings is 1. The van der Waals surface area contributed by atoms with Crippen molar-refractivity contribution in [3.05, 3.63) is 11.1 Å². The van der Waals surface area contributed by atoms with Crippen molar-refractivity contribution in [3.8, 4) is 0 Å². The average Bonchev–Trinajstić information content (AvgIpc) is 2.31. The first-order chi connectivity index (χ1) is 6.25. The van der Waals surface area contributed by atoms with Gasteiger partial charge in [-0.25, -0.2) is 4.98 Å². The quantitative estimate of drug-likeness (QED) is 0.803. The summed E-state index contributed by atoms with van der Waals surface area (Å²) in [5, 5.41) is 4.55. The van der Waals surface area contributed by atoms with E-state index in [1.54, 1.807) is 11.3 Å². The standard InChI is InChI=1S/C10H16N2S/c1-7-6-11-10(13-7)12-8(2)9-4-3-5-9/h6,8-9H,3-5H2,1-2H3,(H,11,12)/t8-/m1/s1. The highest BCUT2D eigenvalue weighted by atomic mass is 32.1. The van der Waals surface area contributed by atoms with E-state index in [4.69, 9.17) is 0 Å². The van der Waals surface area contributed by atoms with Gasteiger partial charge in [-0.15, -0.1) is 11.3 Å². The van der Waals surface area contributed by atoms with Crippen LogP contribution in [-0.4, -0.2) is 11.0 Å². The molecule has 1 aromatic rings. The van der Waals surface area contributed by atoms with E-state index in [0.717, 1.165) is 11.0 Å². The molecule has 0 amide bonds. The Balaban J connectivity index is 1.89. The van der Waals surface area contributed by atoms with E-state index in [-0.39, 0.29) is 0 Å². The SMILES string of the molecule is Cc1cnc(N[C@H](C)C2CCC2)s1. The number of nitrogens with one attached hydrogen (secondary N) is 1. The summed E-state index contributed by atoms with van der Waals surface area (Å²) in [6, 6.07) is 0.597. The van der Waals surface area contributed by atoms with Crippen LogP contribution in [0.1, 0.15) is 31.1 Å². The van der Waals surface area contributed by atoms with Gasteiger partial charge in [0.1, 0.15) is 0 Å². The fraction of sp³-hybridized carbons (Fsp3) is 0.700. The molecule has 1 saturated carbocycles. The fourth-order valence-electron chi connectivity index (χ4n) is 1.67. The van der Waals surface area contributed by atoms with Crippen molar-refractivity contribution in [2.45, 2.75) is 39.2 Å². The molecule has 0 radical (unpaired) electrons. The number of hydrogen-bond donors (Lipinski definition) is 1. The van der Waals surface area contributed by atoms with Gasteiger partial charge in [-0.1, -0.05) is 6.42 Å². The second-order valence-corrected chi connectivity index (χ2v) is 5.13. The molecule has 2 rings (SSSR count). The first-order valence-corrected chi connectivity index (χ1v) is 5.76. The number of aromatic nitrogens is 1. The van der Waals surface area contributed by atoms with E-state index < -0.39 is 0 Å². The highest BCUT2D eigenvalue weighted by Gasteiger charge is 2.24. The smallest absolute Gasteiger partial charge is 0.183 e. The molecule has 3 heteroatoms. The normalized spacial score (nSPS) is 19.5. The first kappa shape index (κ1) is 9.00. The minimum atomic E-state index is 0.597. The summed E-state index contributed by atoms with van der Waals surface area (Å²) in [6.45, 7) is 4.36. The number of hydrogen-bond acceptors (Lipinski definition) is 3. The number of aryl methyl sites for hydroxylation is 1. The molecule has 1 atom stereocenters. The van der Waals surface area contributed by atoms with Crippen molar-refractivity contribution in [3.63, 3.8) is 0 Å². The molecule has 72 valence electrons. The molecule has 0 saturated heterocycles. The summed E-state index contributed by atoms with van der Waals surface area (Å²) in [7, 11) is 0. The Kier molecular flexibility index (Phi) is 2.54. The summed E-state index contributed by atoms with van der Waals surface area (Å²) in [5.41, 5.74) is 0. The Morgan fingerprint density at radius 2 is 2.38 bits per heavy atom. The lowest BCUT2D eigenvalue weighted by Gasteiger charge is -2.31. The maximum atomic E-state index is 4.30. The first-order valence-electron chi connectivity index (χ1n) is 4.94. The second kappa shape index (κ2) is 3.66. The van der Waals surface area contributed by atoms with Gasteiger partial charge in [0.2, 0.25) is 0 Å². The van der Waals surface area contributed by atoms with Gasteiger partial charge in [0.25, 0.3) is 0 Å². The Labute approximate surface area is 83.4 Å². The lowest BCUT2D eigenvalue weighted by atomic mass is 9.80. The molecule has 0 aromatic carbocycles. The highest BCUT2D eigenvalue weighted by molar-refractivity contribution is 7.15. The van der Waals surface area contributed by atoms with Gasteiger partial charge in [-0.2, -0.15) is 0 Å². The zero-order valence-corrected chi connectivity index (χ0v) is 9.03. The van der Waals surface area contributed by atoms with Crippen molar-refractivity contribution in [1.29, 1.82) is 0 Å². The molecule has 1 aliphatic rings. The third kappa shape index (κ3) is 2.02. The molecule has 0 bridgehead atoms. The fourth-order valence-corrected chi connectivity index (χ4v) is 2.43. The van der Waals surface area contributed by atoms with Crippen LogP contribution in [0.5, 0.6) is 0 Å². The molecule has 13 heavy (non-hydrogen) atoms. The molecule has 1 heterocycles. The zero-order valence-electron chi connectivity index (χ0n) is 8.21. The van der Waals surface area contributed by atoms with Crippen LogP contribution in [0.15, 0.2) is 6.20 Å². The Hall–Kier alpha value is -0.570. The van der Waals surface area contributed by atoms with Gasteiger partial charge >= 0.3 is 0 Å². The lowest BCUT2D eigenvalue weighted by Crippen LogP contribution is -2.30. The zero-order chi connectivity index (χ0) is 9.26. The summed E-state index contributed by atoms with van der Waals surface area (Å²) in [5.74, 6) is 0.879. The number of anilines is 1. The van der Waals surface area contributed by atoms with Crippen LogP contribution in [0.25, 0.3) is 0 Å². The molecule has 1 N–H and O–H groups in total. The van der Waals surface area contributed by atoms with Gasteiger partial charge in [-0.05, 0) is 32.6 Å². The largest absolute Gasteiger partial charge is 0.359 e. The van der Waals surface area contributed by atoms with Crippen LogP contribution in [0.4, 0.5) is 5.13 Å². The van der Waals surface area contributed by atoms with E-state index in [1.807, 2.05) is 6.20 Å². The summed E-state index contributed by atoms with van der Waals surface area (Å²) < 4.78 is 0. The minimum absolute atomic E-state index is 0.597. The van der Waals surface area contributed by atoms with Crippen molar-refractivity contribution < 1.29 is 0 Å². The maximum absolute atomic E-state index is 4.30. The molecule has 0 aliphatic heterocycles. The Morgan fingerprint density at radius 1 is 1.62 bits per heavy atom. The summed E-state index contributed by atoms with van der Waals surface area (Å²) >= 11 is 1.75. The van der Waals surface area contributed by atoms with Crippen LogP contribution in [-0.2, 0) is 0 Å². The predicted octanol–water partition coefficient (Wildman–Crippen LogP) is 3.05. The van der Waals surface area contributed by atoms with E-state index in [1.165, 1.54) is 24.1 Å². The molecule has 1 aliphatic carbocycles. The predicted molar refractivity (Wildman–Crippen MR) is 57.3 cm³/mol. The highest BCUT2D eigenvalue weighted by Crippen LogP contribution is 2.31. The molecule has 2 nitrogen and oxygen atoms in total. The average molecular weight is 196 g/mol. The Morgan fingerprint density at radius 3 is 2.85 bits per heavy atom. The van der Waals surface area contributed by atoms with Crippen molar-refractivity contribution in [2.24, 2.45) is 5.92 Å². The van der Waals surface area contributed by atoms with Crippen molar-refractivity contribution in [2.75, 3.05) is 5.32 Å². The molecule has 0 unspecified atom stereocenters. The van der Waals surface area contributed by atoms with Crippen molar-refractivity contribution >= 4 is 16.5 Å². The molecule has 0 spiro atoms. The van der Waals surface area contributed by atoms with Gasteiger partial charge in [-0.3, -0.25) is 0 Å². The third-order valence-electron chi connectivity index (χ3n) is 2.83. The number of rotatable bonds is 3. The van der Waals surface area contributed by atoms with Crippen LogP contribution in [0, 0.1) is 12.8 Å². The van der Waals surface area contributed by atoms with Gasteiger partial charge in [0.05, 0.1) is 0 Å².